The second kappa shape index (κ2) is 11.1. The van der Waals surface area contributed by atoms with Crippen molar-refractivity contribution >= 4 is 17.6 Å². The van der Waals surface area contributed by atoms with Gasteiger partial charge in [0.25, 0.3) is 0 Å². The van der Waals surface area contributed by atoms with E-state index in [1.165, 1.54) is 7.11 Å². The molecule has 1 saturated heterocycles. The topological polar surface area (TPSA) is 124 Å². The third-order valence-corrected chi connectivity index (χ3v) is 6.66. The highest BCUT2D eigenvalue weighted by atomic mass is 16.7. The van der Waals surface area contributed by atoms with Crippen molar-refractivity contribution in [3.8, 4) is 17.4 Å². The minimum atomic E-state index is -0.293. The molecule has 200 valence electrons. The second-order valence-electron chi connectivity index (χ2n) is 9.36. The van der Waals surface area contributed by atoms with Gasteiger partial charge in [0.15, 0.2) is 11.5 Å². The van der Waals surface area contributed by atoms with E-state index in [9.17, 15) is 9.59 Å². The van der Waals surface area contributed by atoms with Gasteiger partial charge in [-0.3, -0.25) is 14.2 Å². The zero-order valence-corrected chi connectivity index (χ0v) is 21.7. The summed E-state index contributed by atoms with van der Waals surface area (Å²) in [6.07, 6.45) is 5.26. The Hall–Kier alpha value is -4.19. The predicted octanol–water partition coefficient (Wildman–Crippen LogP) is 1.63. The standard InChI is InChI=1S/C26H31N7O5/c1-17-10-23(30-26(28-17)32-7-6-27-15-32)33-9-8-31(25(35)14-36-3)13-20(33)12-24(34)29-18(2)19-4-5-21-22(11-19)38-16-37-21/h4-7,10-11,15,18,20H,8-9,12-14,16H2,1-3H3,(H,29,34). The average Bonchev–Trinajstić information content (AvgIpc) is 3.60. The summed E-state index contributed by atoms with van der Waals surface area (Å²) in [6.45, 7) is 5.41. The number of carbonyl (C=O) groups is 2. The Morgan fingerprint density at radius 1 is 1.18 bits per heavy atom. The molecule has 0 aliphatic carbocycles. The highest BCUT2D eigenvalue weighted by Gasteiger charge is 2.32. The van der Waals surface area contributed by atoms with Crippen LogP contribution in [0.4, 0.5) is 5.82 Å². The highest BCUT2D eigenvalue weighted by molar-refractivity contribution is 5.80. The third-order valence-electron chi connectivity index (χ3n) is 6.66. The summed E-state index contributed by atoms with van der Waals surface area (Å²) in [5.74, 6) is 2.32. The van der Waals surface area contributed by atoms with Gasteiger partial charge in [-0.1, -0.05) is 6.07 Å². The Kier molecular flexibility index (Phi) is 7.40. The van der Waals surface area contributed by atoms with Crippen LogP contribution in [-0.4, -0.2) is 82.4 Å². The van der Waals surface area contributed by atoms with E-state index in [0.717, 1.165) is 11.3 Å². The number of methoxy groups -OCH3 is 1. The van der Waals surface area contributed by atoms with Crippen molar-refractivity contribution in [1.82, 2.24) is 29.7 Å². The SMILES string of the molecule is COCC(=O)N1CCN(c2cc(C)nc(-n3ccnc3)n2)C(CC(=O)NC(C)c2ccc3c(c2)OCO3)C1. The fourth-order valence-electron chi connectivity index (χ4n) is 4.73. The number of fused-ring (bicyclic) bond motifs is 1. The number of aromatic nitrogens is 4. The minimum absolute atomic E-state index is 0.00252. The van der Waals surface area contributed by atoms with Gasteiger partial charge in [-0.25, -0.2) is 9.97 Å². The molecule has 2 atom stereocenters. The Bertz CT molecular complexity index is 1300. The molecule has 1 N–H and O–H groups in total. The van der Waals surface area contributed by atoms with Crippen LogP contribution in [0.25, 0.3) is 5.95 Å². The summed E-state index contributed by atoms with van der Waals surface area (Å²) in [6, 6.07) is 7.00. The lowest BCUT2D eigenvalue weighted by atomic mass is 10.0. The van der Waals surface area contributed by atoms with Gasteiger partial charge < -0.3 is 29.3 Å². The maximum atomic E-state index is 13.3. The lowest BCUT2D eigenvalue weighted by Gasteiger charge is -2.42. The maximum Gasteiger partial charge on any atom is 0.248 e. The van der Waals surface area contributed by atoms with Crippen molar-refractivity contribution in [2.75, 3.05) is 45.0 Å². The first-order valence-electron chi connectivity index (χ1n) is 12.5. The molecule has 4 heterocycles. The molecule has 38 heavy (non-hydrogen) atoms. The van der Waals surface area contributed by atoms with Crippen LogP contribution >= 0.6 is 0 Å². The van der Waals surface area contributed by atoms with Crippen molar-refractivity contribution < 1.29 is 23.8 Å². The zero-order valence-electron chi connectivity index (χ0n) is 21.7. The summed E-state index contributed by atoms with van der Waals surface area (Å²) in [5, 5.41) is 3.09. The lowest BCUT2D eigenvalue weighted by Crippen LogP contribution is -2.57. The summed E-state index contributed by atoms with van der Waals surface area (Å²) in [5.41, 5.74) is 1.70. The molecule has 12 nitrogen and oxygen atoms in total. The molecular weight excluding hydrogens is 490 g/mol. The fraction of sp³-hybridized carbons (Fsp3) is 0.423. The molecule has 2 unspecified atom stereocenters. The van der Waals surface area contributed by atoms with Crippen molar-refractivity contribution in [2.45, 2.75) is 32.4 Å². The normalized spacial score (nSPS) is 17.4. The van der Waals surface area contributed by atoms with Gasteiger partial charge in [0.1, 0.15) is 18.8 Å². The quantitative estimate of drug-likeness (QED) is 0.471. The van der Waals surface area contributed by atoms with Gasteiger partial charge in [-0.2, -0.15) is 4.98 Å². The van der Waals surface area contributed by atoms with E-state index >= 15 is 0 Å². The smallest absolute Gasteiger partial charge is 0.248 e. The number of piperazine rings is 1. The Labute approximate surface area is 220 Å². The summed E-state index contributed by atoms with van der Waals surface area (Å²) in [7, 11) is 1.50. The van der Waals surface area contributed by atoms with Gasteiger partial charge in [0.2, 0.25) is 24.6 Å². The summed E-state index contributed by atoms with van der Waals surface area (Å²) >= 11 is 0. The van der Waals surface area contributed by atoms with Crippen LogP contribution in [0.5, 0.6) is 11.5 Å². The van der Waals surface area contributed by atoms with E-state index in [1.807, 2.05) is 38.1 Å². The molecule has 2 aliphatic rings. The van der Waals surface area contributed by atoms with Gasteiger partial charge in [-0.05, 0) is 31.5 Å². The van der Waals surface area contributed by atoms with Gasteiger partial charge in [0, 0.05) is 57.3 Å². The van der Waals surface area contributed by atoms with Crippen molar-refractivity contribution in [3.05, 3.63) is 54.2 Å². The predicted molar refractivity (Wildman–Crippen MR) is 137 cm³/mol. The molecule has 5 rings (SSSR count). The Morgan fingerprint density at radius 3 is 2.82 bits per heavy atom. The average molecular weight is 522 g/mol. The van der Waals surface area contributed by atoms with Crippen molar-refractivity contribution in [1.29, 1.82) is 0 Å². The van der Waals surface area contributed by atoms with Crippen LogP contribution in [0.2, 0.25) is 0 Å². The maximum absolute atomic E-state index is 13.3. The van der Waals surface area contributed by atoms with Gasteiger partial charge in [-0.15, -0.1) is 0 Å². The number of hydrogen-bond donors (Lipinski definition) is 1. The van der Waals surface area contributed by atoms with Crippen molar-refractivity contribution in [2.24, 2.45) is 0 Å². The van der Waals surface area contributed by atoms with Gasteiger partial charge >= 0.3 is 0 Å². The van der Waals surface area contributed by atoms with Crippen LogP contribution in [0.3, 0.4) is 0 Å². The molecule has 2 aromatic heterocycles. The fourth-order valence-corrected chi connectivity index (χ4v) is 4.73. The van der Waals surface area contributed by atoms with Gasteiger partial charge in [0.05, 0.1) is 12.1 Å². The number of imidazole rings is 1. The first kappa shape index (κ1) is 25.5. The number of aryl methyl sites for hydroxylation is 1. The van der Waals surface area contributed by atoms with E-state index < -0.39 is 0 Å². The zero-order chi connectivity index (χ0) is 26.6. The number of nitrogens with one attached hydrogen (secondary N) is 1. The van der Waals surface area contributed by atoms with Crippen LogP contribution in [0.15, 0.2) is 43.0 Å². The summed E-state index contributed by atoms with van der Waals surface area (Å²) in [4.78, 5) is 43.1. The third kappa shape index (κ3) is 5.54. The molecule has 0 spiro atoms. The number of hydrogen-bond acceptors (Lipinski definition) is 9. The Balaban J connectivity index is 1.35. The minimum Gasteiger partial charge on any atom is -0.454 e. The first-order valence-corrected chi connectivity index (χ1v) is 12.5. The van der Waals surface area contributed by atoms with E-state index in [2.05, 4.69) is 20.2 Å². The van der Waals surface area contributed by atoms with E-state index in [0.29, 0.717) is 42.9 Å². The molecule has 3 aromatic rings. The first-order chi connectivity index (χ1) is 18.4. The van der Waals surface area contributed by atoms with E-state index in [1.54, 1.807) is 28.2 Å². The van der Waals surface area contributed by atoms with Crippen LogP contribution in [-0.2, 0) is 14.3 Å². The number of carbonyl (C=O) groups excluding carboxylic acids is 2. The molecule has 12 heteroatoms. The van der Waals surface area contributed by atoms with E-state index in [-0.39, 0.29) is 43.7 Å². The second-order valence-corrected chi connectivity index (χ2v) is 9.36. The molecule has 0 saturated carbocycles. The van der Waals surface area contributed by atoms with Crippen LogP contribution in [0, 0.1) is 6.92 Å². The number of nitrogens with zero attached hydrogens (tertiary/aromatic N) is 6. The Morgan fingerprint density at radius 2 is 2.03 bits per heavy atom. The lowest BCUT2D eigenvalue weighted by molar-refractivity contribution is -0.136. The van der Waals surface area contributed by atoms with E-state index in [4.69, 9.17) is 19.2 Å². The number of anilines is 1. The number of rotatable bonds is 8. The van der Waals surface area contributed by atoms with Crippen LogP contribution < -0.4 is 19.7 Å². The molecule has 0 bridgehead atoms. The van der Waals surface area contributed by atoms with Crippen LogP contribution in [0.1, 0.15) is 30.6 Å². The number of ether oxygens (including phenoxy) is 3. The number of amides is 2. The summed E-state index contributed by atoms with van der Waals surface area (Å²) < 4.78 is 17.7. The molecule has 1 fully saturated rings. The molecule has 2 amide bonds. The van der Waals surface area contributed by atoms with Crippen molar-refractivity contribution in [3.63, 3.8) is 0 Å². The molecule has 1 aromatic carbocycles. The monoisotopic (exact) mass is 521 g/mol. The highest BCUT2D eigenvalue weighted by Crippen LogP contribution is 2.34. The molecular formula is C26H31N7O5. The largest absolute Gasteiger partial charge is 0.454 e. The molecule has 0 radical (unpaired) electrons. The number of benzene rings is 1. The molecule has 2 aliphatic heterocycles.